The van der Waals surface area contributed by atoms with Crippen molar-refractivity contribution < 1.29 is 19.4 Å². The Morgan fingerprint density at radius 3 is 2.65 bits per heavy atom. The molecule has 1 aromatic rings. The van der Waals surface area contributed by atoms with E-state index in [1.54, 1.807) is 6.92 Å². The van der Waals surface area contributed by atoms with Crippen molar-refractivity contribution in [3.05, 3.63) is 17.0 Å². The van der Waals surface area contributed by atoms with Crippen molar-refractivity contribution in [2.24, 2.45) is 7.05 Å². The third-order valence-corrected chi connectivity index (χ3v) is 2.36. The Bertz CT molecular complexity index is 437. The molecule has 1 aromatic heterocycles. The standard InChI is InChI=1S/C11H16N2O4/c1-4-5-6-17-11(16)8-7(2)12-13(3)9(8)10(14)15/h4-6H2,1-3H3,(H,14,15). The van der Waals surface area contributed by atoms with Crippen LogP contribution < -0.4 is 0 Å². The van der Waals surface area contributed by atoms with Crippen molar-refractivity contribution in [1.82, 2.24) is 9.78 Å². The summed E-state index contributed by atoms with van der Waals surface area (Å²) in [4.78, 5) is 22.8. The molecule has 1 heterocycles. The highest BCUT2D eigenvalue weighted by molar-refractivity contribution is 6.02. The highest BCUT2D eigenvalue weighted by atomic mass is 16.5. The molecule has 0 fully saturated rings. The van der Waals surface area contributed by atoms with Crippen LogP contribution in [0.4, 0.5) is 0 Å². The van der Waals surface area contributed by atoms with Crippen LogP contribution >= 0.6 is 0 Å². The van der Waals surface area contributed by atoms with Gasteiger partial charge in [0.25, 0.3) is 0 Å². The van der Waals surface area contributed by atoms with Crippen LogP contribution in [-0.4, -0.2) is 33.4 Å². The molecule has 0 amide bonds. The van der Waals surface area contributed by atoms with E-state index in [2.05, 4.69) is 5.10 Å². The van der Waals surface area contributed by atoms with E-state index in [-0.39, 0.29) is 11.3 Å². The smallest absolute Gasteiger partial charge is 0.355 e. The number of rotatable bonds is 5. The largest absolute Gasteiger partial charge is 0.476 e. The first kappa shape index (κ1) is 13.2. The molecule has 1 N–H and O–H groups in total. The van der Waals surface area contributed by atoms with Crippen molar-refractivity contribution in [2.45, 2.75) is 26.7 Å². The van der Waals surface area contributed by atoms with Crippen molar-refractivity contribution in [3.8, 4) is 0 Å². The molecule has 6 heteroatoms. The molecule has 0 aliphatic rings. The Balaban J connectivity index is 2.96. The van der Waals surface area contributed by atoms with Gasteiger partial charge in [-0.3, -0.25) is 4.68 Å². The molecule has 6 nitrogen and oxygen atoms in total. The Labute approximate surface area is 99.2 Å². The van der Waals surface area contributed by atoms with Gasteiger partial charge in [-0.15, -0.1) is 0 Å². The van der Waals surface area contributed by atoms with Crippen LogP contribution in [0.3, 0.4) is 0 Å². The van der Waals surface area contributed by atoms with Gasteiger partial charge in [-0.05, 0) is 13.3 Å². The van der Waals surface area contributed by atoms with Gasteiger partial charge in [-0.25, -0.2) is 9.59 Å². The number of aromatic carboxylic acids is 1. The van der Waals surface area contributed by atoms with Gasteiger partial charge >= 0.3 is 11.9 Å². The van der Waals surface area contributed by atoms with Crippen LogP contribution in [0.15, 0.2) is 0 Å². The predicted octanol–water partition coefficient (Wildman–Crippen LogP) is 1.38. The Kier molecular flexibility index (Phi) is 4.25. The summed E-state index contributed by atoms with van der Waals surface area (Å²) in [5.41, 5.74) is 0.270. The zero-order valence-corrected chi connectivity index (χ0v) is 10.2. The second-order valence-electron chi connectivity index (χ2n) is 3.73. The van der Waals surface area contributed by atoms with E-state index < -0.39 is 11.9 Å². The second kappa shape index (κ2) is 5.47. The minimum absolute atomic E-state index is 0.0381. The molecule has 17 heavy (non-hydrogen) atoms. The fourth-order valence-electron chi connectivity index (χ4n) is 1.53. The van der Waals surface area contributed by atoms with E-state index in [1.807, 2.05) is 6.92 Å². The summed E-state index contributed by atoms with van der Waals surface area (Å²) in [5, 5.41) is 12.9. The quantitative estimate of drug-likeness (QED) is 0.621. The predicted molar refractivity (Wildman–Crippen MR) is 60.1 cm³/mol. The first-order chi connectivity index (χ1) is 7.99. The Hall–Kier alpha value is -1.85. The van der Waals surface area contributed by atoms with E-state index in [1.165, 1.54) is 11.7 Å². The van der Waals surface area contributed by atoms with E-state index in [0.717, 1.165) is 12.8 Å². The van der Waals surface area contributed by atoms with Crippen LogP contribution in [-0.2, 0) is 11.8 Å². The monoisotopic (exact) mass is 240 g/mol. The Morgan fingerprint density at radius 1 is 1.47 bits per heavy atom. The number of carbonyl (C=O) groups is 2. The van der Waals surface area contributed by atoms with Gasteiger partial charge in [0, 0.05) is 7.05 Å². The van der Waals surface area contributed by atoms with Gasteiger partial charge in [-0.2, -0.15) is 5.10 Å². The molecular weight excluding hydrogens is 224 g/mol. The Morgan fingerprint density at radius 2 is 2.12 bits per heavy atom. The SMILES string of the molecule is CCCCOC(=O)c1c(C)nn(C)c1C(=O)O. The van der Waals surface area contributed by atoms with Gasteiger partial charge in [0.2, 0.25) is 0 Å². The molecule has 94 valence electrons. The maximum Gasteiger partial charge on any atom is 0.355 e. The van der Waals surface area contributed by atoms with E-state index in [0.29, 0.717) is 12.3 Å². The summed E-state index contributed by atoms with van der Waals surface area (Å²) >= 11 is 0. The van der Waals surface area contributed by atoms with E-state index in [4.69, 9.17) is 9.84 Å². The lowest BCUT2D eigenvalue weighted by Gasteiger charge is -2.04. The number of hydrogen-bond acceptors (Lipinski definition) is 4. The number of carbonyl (C=O) groups excluding carboxylic acids is 1. The number of aromatic nitrogens is 2. The summed E-state index contributed by atoms with van der Waals surface area (Å²) in [5.74, 6) is -1.81. The van der Waals surface area contributed by atoms with Crippen molar-refractivity contribution in [2.75, 3.05) is 6.61 Å². The first-order valence-electron chi connectivity index (χ1n) is 5.43. The molecular formula is C11H16N2O4. The molecule has 1 rings (SSSR count). The second-order valence-corrected chi connectivity index (χ2v) is 3.73. The molecule has 0 spiro atoms. The molecule has 0 aromatic carbocycles. The third-order valence-electron chi connectivity index (χ3n) is 2.36. The summed E-state index contributed by atoms with van der Waals surface area (Å²) in [6, 6.07) is 0. The molecule has 0 unspecified atom stereocenters. The van der Waals surface area contributed by atoms with Crippen LogP contribution in [0.2, 0.25) is 0 Å². The summed E-state index contributed by atoms with van der Waals surface area (Å²) in [6.07, 6.45) is 1.67. The van der Waals surface area contributed by atoms with Crippen molar-refractivity contribution >= 4 is 11.9 Å². The molecule has 0 aliphatic heterocycles. The molecule has 0 saturated heterocycles. The lowest BCUT2D eigenvalue weighted by molar-refractivity contribution is 0.0487. The fraction of sp³-hybridized carbons (Fsp3) is 0.545. The summed E-state index contributed by atoms with van der Waals surface area (Å²) < 4.78 is 6.17. The molecule has 0 bridgehead atoms. The molecule has 0 radical (unpaired) electrons. The number of esters is 1. The summed E-state index contributed by atoms with van der Waals surface area (Å²) in [7, 11) is 1.49. The molecule has 0 atom stereocenters. The van der Waals surface area contributed by atoms with Crippen LogP contribution in [0, 0.1) is 6.92 Å². The van der Waals surface area contributed by atoms with E-state index in [9.17, 15) is 9.59 Å². The maximum absolute atomic E-state index is 11.7. The number of nitrogens with zero attached hydrogens (tertiary/aromatic N) is 2. The van der Waals surface area contributed by atoms with Gasteiger partial charge in [-0.1, -0.05) is 13.3 Å². The summed E-state index contributed by atoms with van der Waals surface area (Å²) in [6.45, 7) is 3.86. The average Bonchev–Trinajstić information content (AvgIpc) is 2.53. The number of hydrogen-bond donors (Lipinski definition) is 1. The normalized spacial score (nSPS) is 10.3. The minimum atomic E-state index is -1.18. The third kappa shape index (κ3) is 2.83. The fourth-order valence-corrected chi connectivity index (χ4v) is 1.53. The van der Waals surface area contributed by atoms with E-state index >= 15 is 0 Å². The van der Waals surface area contributed by atoms with Gasteiger partial charge in [0.1, 0.15) is 5.56 Å². The van der Waals surface area contributed by atoms with Gasteiger partial charge in [0.15, 0.2) is 5.69 Å². The van der Waals surface area contributed by atoms with Crippen LogP contribution in [0.5, 0.6) is 0 Å². The van der Waals surface area contributed by atoms with Crippen LogP contribution in [0.25, 0.3) is 0 Å². The number of ether oxygens (including phenoxy) is 1. The lowest BCUT2D eigenvalue weighted by Crippen LogP contribution is -2.14. The minimum Gasteiger partial charge on any atom is -0.476 e. The highest BCUT2D eigenvalue weighted by Crippen LogP contribution is 2.14. The maximum atomic E-state index is 11.7. The molecule has 0 aliphatic carbocycles. The number of aryl methyl sites for hydroxylation is 2. The lowest BCUT2D eigenvalue weighted by atomic mass is 10.2. The zero-order valence-electron chi connectivity index (χ0n) is 10.2. The van der Waals surface area contributed by atoms with Crippen molar-refractivity contribution in [1.29, 1.82) is 0 Å². The highest BCUT2D eigenvalue weighted by Gasteiger charge is 2.25. The number of carboxylic acid groups (broad SMARTS) is 1. The topological polar surface area (TPSA) is 81.4 Å². The number of unbranched alkanes of at least 4 members (excludes halogenated alkanes) is 1. The van der Waals surface area contributed by atoms with Crippen LogP contribution in [0.1, 0.15) is 46.3 Å². The zero-order chi connectivity index (χ0) is 13.0. The van der Waals surface area contributed by atoms with Crippen molar-refractivity contribution in [3.63, 3.8) is 0 Å². The average molecular weight is 240 g/mol. The van der Waals surface area contributed by atoms with Gasteiger partial charge < -0.3 is 9.84 Å². The molecule has 0 saturated carbocycles. The number of carboxylic acids is 1. The van der Waals surface area contributed by atoms with Gasteiger partial charge in [0.05, 0.1) is 12.3 Å². The first-order valence-corrected chi connectivity index (χ1v) is 5.43.